The maximum absolute atomic E-state index is 12.6. The van der Waals surface area contributed by atoms with Crippen molar-refractivity contribution >= 4 is 27.3 Å². The highest BCUT2D eigenvalue weighted by molar-refractivity contribution is 7.89. The molecule has 0 atom stereocenters. The van der Waals surface area contributed by atoms with Crippen LogP contribution in [0.15, 0.2) is 53.4 Å². The number of hydrogen-bond donors (Lipinski definition) is 1. The summed E-state index contributed by atoms with van der Waals surface area (Å²) in [6, 6.07) is 13.9. The van der Waals surface area contributed by atoms with Crippen LogP contribution in [-0.2, 0) is 14.8 Å². The van der Waals surface area contributed by atoms with Crippen LogP contribution in [0.4, 0.5) is 11.4 Å². The summed E-state index contributed by atoms with van der Waals surface area (Å²) in [6.45, 7) is 5.78. The quantitative estimate of drug-likeness (QED) is 0.780. The molecule has 0 aromatic heterocycles. The van der Waals surface area contributed by atoms with E-state index in [-0.39, 0.29) is 17.3 Å². The molecule has 1 aliphatic heterocycles. The molecule has 2 aromatic carbocycles. The average molecular weight is 417 g/mol. The molecule has 8 heteroatoms. The molecule has 1 heterocycles. The number of piperazine rings is 1. The van der Waals surface area contributed by atoms with Gasteiger partial charge in [-0.2, -0.15) is 4.31 Å². The Morgan fingerprint density at radius 1 is 1.07 bits per heavy atom. The lowest BCUT2D eigenvalue weighted by molar-refractivity contribution is -0.116. The minimum Gasteiger partial charge on any atom is -0.369 e. The second-order valence-electron chi connectivity index (χ2n) is 7.41. The normalized spacial score (nSPS) is 15.5. The van der Waals surface area contributed by atoms with Crippen LogP contribution in [0.3, 0.4) is 0 Å². The van der Waals surface area contributed by atoms with E-state index in [9.17, 15) is 13.2 Å². The molecule has 0 bridgehead atoms. The average Bonchev–Trinajstić information content (AvgIpc) is 2.69. The third kappa shape index (κ3) is 5.14. The van der Waals surface area contributed by atoms with E-state index >= 15 is 0 Å². The number of sulfonamides is 1. The number of aryl methyl sites for hydroxylation is 1. The Bertz CT molecular complexity index is 955. The van der Waals surface area contributed by atoms with Crippen molar-refractivity contribution in [2.75, 3.05) is 57.0 Å². The number of nitrogens with zero attached hydrogens (tertiary/aromatic N) is 3. The van der Waals surface area contributed by atoms with Gasteiger partial charge in [0.2, 0.25) is 15.9 Å². The third-order valence-electron chi connectivity index (χ3n) is 5.14. The van der Waals surface area contributed by atoms with Crippen molar-refractivity contribution in [3.63, 3.8) is 0 Å². The molecule has 0 aliphatic carbocycles. The number of rotatable bonds is 6. The van der Waals surface area contributed by atoms with Crippen LogP contribution in [-0.4, -0.2) is 70.3 Å². The van der Waals surface area contributed by atoms with E-state index in [1.54, 1.807) is 18.2 Å². The van der Waals surface area contributed by atoms with Crippen LogP contribution in [0.2, 0.25) is 0 Å². The fourth-order valence-electron chi connectivity index (χ4n) is 3.40. The smallest absolute Gasteiger partial charge is 0.243 e. The van der Waals surface area contributed by atoms with Crippen LogP contribution in [0.1, 0.15) is 5.56 Å². The fraction of sp³-hybridized carbons (Fsp3) is 0.381. The molecule has 0 saturated carbocycles. The number of anilines is 2. The minimum atomic E-state index is -3.70. The van der Waals surface area contributed by atoms with Gasteiger partial charge in [0, 0.05) is 44.6 Å². The van der Waals surface area contributed by atoms with Gasteiger partial charge in [0.1, 0.15) is 0 Å². The van der Waals surface area contributed by atoms with Crippen molar-refractivity contribution in [2.45, 2.75) is 11.8 Å². The van der Waals surface area contributed by atoms with Crippen molar-refractivity contribution in [2.24, 2.45) is 0 Å². The fourth-order valence-corrected chi connectivity index (χ4v) is 4.54. The van der Waals surface area contributed by atoms with Gasteiger partial charge in [-0.05, 0) is 49.9 Å². The first-order valence-corrected chi connectivity index (χ1v) is 11.1. The number of amides is 1. The molecule has 7 nitrogen and oxygen atoms in total. The van der Waals surface area contributed by atoms with Gasteiger partial charge in [0.05, 0.1) is 11.4 Å². The van der Waals surface area contributed by atoms with E-state index < -0.39 is 10.0 Å². The zero-order valence-electron chi connectivity index (χ0n) is 17.1. The topological polar surface area (TPSA) is 73.0 Å². The number of nitrogens with one attached hydrogen (secondary N) is 1. The molecule has 0 radical (unpaired) electrons. The maximum atomic E-state index is 12.6. The lowest BCUT2D eigenvalue weighted by Crippen LogP contribution is -2.44. The van der Waals surface area contributed by atoms with Gasteiger partial charge >= 0.3 is 0 Å². The standard InChI is InChI=1S/C21H28N4O3S/c1-17-15-18(9-10-20(17)25-13-11-23(2)12-14-25)22-21(26)16-24(3)29(27,28)19-7-5-4-6-8-19/h4-10,15H,11-14,16H2,1-3H3,(H,22,26). The highest BCUT2D eigenvalue weighted by Gasteiger charge is 2.23. The second-order valence-corrected chi connectivity index (χ2v) is 9.46. The lowest BCUT2D eigenvalue weighted by Gasteiger charge is -2.35. The Morgan fingerprint density at radius 3 is 2.34 bits per heavy atom. The Kier molecular flexibility index (Phi) is 6.56. The summed E-state index contributed by atoms with van der Waals surface area (Å²) in [5.41, 5.74) is 2.91. The molecular weight excluding hydrogens is 388 g/mol. The van der Waals surface area contributed by atoms with Crippen molar-refractivity contribution in [1.82, 2.24) is 9.21 Å². The molecule has 1 fully saturated rings. The summed E-state index contributed by atoms with van der Waals surface area (Å²) in [5, 5.41) is 2.80. The van der Waals surface area contributed by atoms with Crippen LogP contribution in [0, 0.1) is 6.92 Å². The molecule has 0 spiro atoms. The molecule has 1 aliphatic rings. The van der Waals surface area contributed by atoms with E-state index in [0.29, 0.717) is 5.69 Å². The maximum Gasteiger partial charge on any atom is 0.243 e. The number of carbonyl (C=O) groups is 1. The Balaban J connectivity index is 1.63. The Morgan fingerprint density at radius 2 is 1.72 bits per heavy atom. The molecule has 0 unspecified atom stereocenters. The second kappa shape index (κ2) is 8.94. The highest BCUT2D eigenvalue weighted by Crippen LogP contribution is 2.24. The van der Waals surface area contributed by atoms with Crippen molar-refractivity contribution < 1.29 is 13.2 Å². The Hall–Kier alpha value is -2.42. The molecule has 1 amide bonds. The van der Waals surface area contributed by atoms with Gasteiger partial charge in [-0.3, -0.25) is 4.79 Å². The van der Waals surface area contributed by atoms with Gasteiger partial charge in [-0.25, -0.2) is 8.42 Å². The van der Waals surface area contributed by atoms with Crippen molar-refractivity contribution in [1.29, 1.82) is 0 Å². The largest absolute Gasteiger partial charge is 0.369 e. The molecule has 1 saturated heterocycles. The van der Waals surface area contributed by atoms with Gasteiger partial charge < -0.3 is 15.1 Å². The predicted molar refractivity (Wildman–Crippen MR) is 116 cm³/mol. The Labute approximate surface area is 173 Å². The van der Waals surface area contributed by atoms with Crippen LogP contribution >= 0.6 is 0 Å². The zero-order chi connectivity index (χ0) is 21.0. The molecule has 2 aromatic rings. The van der Waals surface area contributed by atoms with Crippen LogP contribution in [0.25, 0.3) is 0 Å². The minimum absolute atomic E-state index is 0.169. The van der Waals surface area contributed by atoms with E-state index in [0.717, 1.165) is 36.0 Å². The van der Waals surface area contributed by atoms with Crippen LogP contribution < -0.4 is 10.2 Å². The number of hydrogen-bond acceptors (Lipinski definition) is 5. The molecular formula is C21H28N4O3S. The summed E-state index contributed by atoms with van der Waals surface area (Å²) >= 11 is 0. The SMILES string of the molecule is Cc1cc(NC(=O)CN(C)S(=O)(=O)c2ccccc2)ccc1N1CCN(C)CC1. The van der Waals surface area contributed by atoms with Crippen LogP contribution in [0.5, 0.6) is 0 Å². The number of benzene rings is 2. The summed E-state index contributed by atoms with van der Waals surface area (Å²) in [5.74, 6) is -0.376. The summed E-state index contributed by atoms with van der Waals surface area (Å²) in [6.07, 6.45) is 0. The van der Waals surface area contributed by atoms with Gasteiger partial charge in [0.25, 0.3) is 0 Å². The van der Waals surface area contributed by atoms with E-state index in [1.807, 2.05) is 25.1 Å². The summed E-state index contributed by atoms with van der Waals surface area (Å²) in [7, 11) is -0.169. The highest BCUT2D eigenvalue weighted by atomic mass is 32.2. The first kappa shape index (κ1) is 21.3. The van der Waals surface area contributed by atoms with Gasteiger partial charge in [-0.15, -0.1) is 0 Å². The molecule has 156 valence electrons. The van der Waals surface area contributed by atoms with Gasteiger partial charge in [-0.1, -0.05) is 18.2 Å². The van der Waals surface area contributed by atoms with Crippen molar-refractivity contribution in [3.8, 4) is 0 Å². The summed E-state index contributed by atoms with van der Waals surface area (Å²) < 4.78 is 26.2. The predicted octanol–water partition coefficient (Wildman–Crippen LogP) is 2.01. The molecule has 3 rings (SSSR count). The molecule has 29 heavy (non-hydrogen) atoms. The zero-order valence-corrected chi connectivity index (χ0v) is 17.9. The first-order chi connectivity index (χ1) is 13.8. The number of carbonyl (C=O) groups excluding carboxylic acids is 1. The number of likely N-dealkylation sites (N-methyl/N-ethyl adjacent to an activating group) is 2. The monoisotopic (exact) mass is 416 g/mol. The molecule has 1 N–H and O–H groups in total. The van der Waals surface area contributed by atoms with Gasteiger partial charge in [0.15, 0.2) is 0 Å². The van der Waals surface area contributed by atoms with Crippen molar-refractivity contribution in [3.05, 3.63) is 54.1 Å². The van der Waals surface area contributed by atoms with E-state index in [2.05, 4.69) is 22.2 Å². The third-order valence-corrected chi connectivity index (χ3v) is 6.96. The van der Waals surface area contributed by atoms with E-state index in [1.165, 1.54) is 24.9 Å². The van der Waals surface area contributed by atoms with E-state index in [4.69, 9.17) is 0 Å². The first-order valence-electron chi connectivity index (χ1n) is 9.63. The lowest BCUT2D eigenvalue weighted by atomic mass is 10.1. The summed E-state index contributed by atoms with van der Waals surface area (Å²) in [4.78, 5) is 17.2.